The number of carbonyl (C=O) groups excluding carboxylic acids is 2. The van der Waals surface area contributed by atoms with Gasteiger partial charge in [0.1, 0.15) is 16.7 Å². The van der Waals surface area contributed by atoms with Gasteiger partial charge < -0.3 is 9.72 Å². The minimum atomic E-state index is -0.658. The summed E-state index contributed by atoms with van der Waals surface area (Å²) in [6, 6.07) is 23.5. The lowest BCUT2D eigenvalue weighted by Crippen LogP contribution is -2.32. The second-order valence-corrected chi connectivity index (χ2v) is 10.8. The quantitative estimate of drug-likeness (QED) is 0.350. The highest BCUT2D eigenvalue weighted by Crippen LogP contribution is 2.53. The van der Waals surface area contributed by atoms with Crippen molar-refractivity contribution >= 4 is 52.2 Å². The number of para-hydroxylation sites is 1. The van der Waals surface area contributed by atoms with Crippen LogP contribution in [0, 0.1) is 5.92 Å². The molecule has 6 nitrogen and oxygen atoms in total. The zero-order valence-electron chi connectivity index (χ0n) is 18.0. The molecule has 2 aliphatic heterocycles. The number of imide groups is 1. The Morgan fingerprint density at radius 2 is 1.60 bits per heavy atom. The van der Waals surface area contributed by atoms with Gasteiger partial charge in [-0.3, -0.25) is 14.4 Å². The van der Waals surface area contributed by atoms with Crippen molar-refractivity contribution in [2.75, 3.05) is 4.90 Å². The monoisotopic (exact) mass is 520 g/mol. The number of halogens is 1. The highest BCUT2D eigenvalue weighted by Gasteiger charge is 2.56. The number of rotatable bonds is 4. The average molecular weight is 521 g/mol. The van der Waals surface area contributed by atoms with Crippen molar-refractivity contribution in [2.45, 2.75) is 16.2 Å². The number of amides is 2. The predicted octanol–water partition coefficient (Wildman–Crippen LogP) is 5.68. The first kappa shape index (κ1) is 22.2. The molecule has 1 saturated heterocycles. The number of hydrogen-bond donors (Lipinski definition) is 1. The number of thioether (sulfide) groups is 1. The maximum Gasteiger partial charge on any atom is 0.305 e. The lowest BCUT2D eigenvalue weighted by molar-refractivity contribution is -0.122. The van der Waals surface area contributed by atoms with Gasteiger partial charge >= 0.3 is 4.87 Å². The van der Waals surface area contributed by atoms with E-state index in [2.05, 4.69) is 4.98 Å². The molecule has 2 amide bonds. The van der Waals surface area contributed by atoms with Crippen LogP contribution in [-0.2, 0) is 9.59 Å². The van der Waals surface area contributed by atoms with Gasteiger partial charge in [-0.25, -0.2) is 4.90 Å². The van der Waals surface area contributed by atoms with E-state index in [4.69, 9.17) is 16.3 Å². The van der Waals surface area contributed by atoms with Crippen molar-refractivity contribution in [2.24, 2.45) is 5.92 Å². The van der Waals surface area contributed by atoms with E-state index in [0.29, 0.717) is 27.2 Å². The Kier molecular flexibility index (Phi) is 5.51. The maximum absolute atomic E-state index is 13.8. The van der Waals surface area contributed by atoms with Crippen LogP contribution in [0.1, 0.15) is 16.4 Å². The number of hydrogen-bond acceptors (Lipinski definition) is 6. The summed E-state index contributed by atoms with van der Waals surface area (Å²) in [4.78, 5) is 44.2. The summed E-state index contributed by atoms with van der Waals surface area (Å²) in [7, 11) is 0. The number of carbonyl (C=O) groups is 2. The van der Waals surface area contributed by atoms with E-state index in [0.717, 1.165) is 21.8 Å². The number of ether oxygens (including phenoxy) is 1. The molecule has 1 fully saturated rings. The molecule has 6 rings (SSSR count). The van der Waals surface area contributed by atoms with E-state index in [1.165, 1.54) is 16.7 Å². The molecule has 0 radical (unpaired) electrons. The number of H-pyrrole nitrogens is 1. The Morgan fingerprint density at radius 1 is 0.857 bits per heavy atom. The third-order valence-electron chi connectivity index (χ3n) is 6.10. The van der Waals surface area contributed by atoms with Gasteiger partial charge in [-0.2, -0.15) is 0 Å². The Bertz CT molecular complexity index is 1500. The summed E-state index contributed by atoms with van der Waals surface area (Å²) in [5.41, 5.74) is 1.29. The molecular formula is C26H17ClN2O4S2. The van der Waals surface area contributed by atoms with Gasteiger partial charge in [0, 0.05) is 15.8 Å². The Morgan fingerprint density at radius 3 is 2.37 bits per heavy atom. The molecule has 2 aliphatic rings. The molecule has 0 aliphatic carbocycles. The van der Waals surface area contributed by atoms with Crippen molar-refractivity contribution in [3.05, 3.63) is 104 Å². The maximum atomic E-state index is 13.8. The molecule has 35 heavy (non-hydrogen) atoms. The van der Waals surface area contributed by atoms with E-state index in [9.17, 15) is 14.4 Å². The molecule has 3 unspecified atom stereocenters. The second-order valence-electron chi connectivity index (χ2n) is 8.23. The first-order chi connectivity index (χ1) is 17.0. The van der Waals surface area contributed by atoms with Crippen LogP contribution in [0.2, 0.25) is 5.02 Å². The number of fused-ring (bicyclic) bond motifs is 2. The molecular weight excluding hydrogens is 504 g/mol. The summed E-state index contributed by atoms with van der Waals surface area (Å²) in [5.74, 6) is -0.413. The van der Waals surface area contributed by atoms with Crippen LogP contribution in [0.4, 0.5) is 5.69 Å². The van der Waals surface area contributed by atoms with Crippen LogP contribution in [-0.4, -0.2) is 22.0 Å². The molecule has 174 valence electrons. The third kappa shape index (κ3) is 3.87. The highest BCUT2D eigenvalue weighted by atomic mass is 35.5. The lowest BCUT2D eigenvalue weighted by atomic mass is 9.83. The summed E-state index contributed by atoms with van der Waals surface area (Å²) < 4.78 is 6.02. The smallest absolute Gasteiger partial charge is 0.305 e. The number of aromatic amines is 1. The van der Waals surface area contributed by atoms with Gasteiger partial charge in [0.2, 0.25) is 11.8 Å². The van der Waals surface area contributed by atoms with Crippen LogP contribution in [0.15, 0.2) is 88.7 Å². The normalized spacial score (nSPS) is 21.1. The molecule has 0 bridgehead atoms. The van der Waals surface area contributed by atoms with Gasteiger partial charge in [0.05, 0.1) is 16.6 Å². The fraction of sp³-hybridized carbons (Fsp3) is 0.115. The average Bonchev–Trinajstić information content (AvgIpc) is 3.35. The zero-order chi connectivity index (χ0) is 24.1. The molecule has 1 aromatic heterocycles. The van der Waals surface area contributed by atoms with Crippen molar-refractivity contribution in [1.82, 2.24) is 4.98 Å². The van der Waals surface area contributed by atoms with E-state index < -0.39 is 17.1 Å². The van der Waals surface area contributed by atoms with Gasteiger partial charge in [-0.15, -0.1) is 0 Å². The molecule has 3 aromatic carbocycles. The van der Waals surface area contributed by atoms with Crippen LogP contribution in [0.3, 0.4) is 0 Å². The summed E-state index contributed by atoms with van der Waals surface area (Å²) in [6.45, 7) is 0. The fourth-order valence-electron chi connectivity index (χ4n) is 4.62. The van der Waals surface area contributed by atoms with Gasteiger partial charge in [0.25, 0.3) is 0 Å². The molecule has 0 saturated carbocycles. The fourth-order valence-corrected chi connectivity index (χ4v) is 7.26. The number of nitrogens with zero attached hydrogens (tertiary/aromatic N) is 1. The van der Waals surface area contributed by atoms with Crippen LogP contribution in [0.5, 0.6) is 11.5 Å². The van der Waals surface area contributed by atoms with Crippen molar-refractivity contribution in [1.29, 1.82) is 0 Å². The van der Waals surface area contributed by atoms with E-state index in [1.807, 2.05) is 54.6 Å². The number of thiazole rings is 1. The molecule has 3 atom stereocenters. The number of benzene rings is 3. The van der Waals surface area contributed by atoms with Crippen LogP contribution < -0.4 is 14.5 Å². The second kappa shape index (κ2) is 8.71. The topological polar surface area (TPSA) is 79.5 Å². The van der Waals surface area contributed by atoms with E-state index in [1.54, 1.807) is 24.3 Å². The number of nitrogens with one attached hydrogen (secondary N) is 1. The first-order valence-corrected chi connectivity index (χ1v) is 12.9. The molecule has 9 heteroatoms. The Labute approximate surface area is 213 Å². The molecule has 3 heterocycles. The molecule has 0 spiro atoms. The summed E-state index contributed by atoms with van der Waals surface area (Å²) in [6.07, 6.45) is 0. The zero-order valence-corrected chi connectivity index (χ0v) is 20.4. The largest absolute Gasteiger partial charge is 0.457 e. The Balaban J connectivity index is 1.43. The van der Waals surface area contributed by atoms with Crippen molar-refractivity contribution < 1.29 is 14.3 Å². The van der Waals surface area contributed by atoms with Gasteiger partial charge in [-0.1, -0.05) is 65.0 Å². The number of aromatic nitrogens is 1. The molecule has 4 aromatic rings. The minimum Gasteiger partial charge on any atom is -0.457 e. The SMILES string of the molecule is O=C1C2Sc3[nH]c(=O)sc3C(c3cccc(Oc4ccccc4)c3)C2C(=O)N1c1ccc(Cl)cc1. The minimum absolute atomic E-state index is 0.210. The van der Waals surface area contributed by atoms with Gasteiger partial charge in [0.15, 0.2) is 0 Å². The van der Waals surface area contributed by atoms with Crippen LogP contribution in [0.25, 0.3) is 0 Å². The van der Waals surface area contributed by atoms with Crippen molar-refractivity contribution in [3.8, 4) is 11.5 Å². The van der Waals surface area contributed by atoms with E-state index >= 15 is 0 Å². The van der Waals surface area contributed by atoms with E-state index in [-0.39, 0.29) is 16.7 Å². The predicted molar refractivity (Wildman–Crippen MR) is 137 cm³/mol. The lowest BCUT2D eigenvalue weighted by Gasteiger charge is -2.30. The highest BCUT2D eigenvalue weighted by molar-refractivity contribution is 8.00. The standard InChI is InChI=1S/C26H17ClN2O4S2/c27-15-9-11-16(12-10-15)29-24(30)20-19(21-23(28-26(32)35-21)34-22(20)25(29)31)14-5-4-8-18(13-14)33-17-6-2-1-3-7-17/h1-13,19-20,22H,(H,28,32). The molecule has 1 N–H and O–H groups in total. The van der Waals surface area contributed by atoms with Gasteiger partial charge in [-0.05, 0) is 54.1 Å². The number of anilines is 1. The summed E-state index contributed by atoms with van der Waals surface area (Å²) in [5, 5.41) is 0.506. The van der Waals surface area contributed by atoms with Crippen LogP contribution >= 0.6 is 34.7 Å². The summed E-state index contributed by atoms with van der Waals surface area (Å²) >= 11 is 8.35. The third-order valence-corrected chi connectivity index (χ3v) is 8.76. The Hall–Kier alpha value is -3.33. The van der Waals surface area contributed by atoms with Crippen molar-refractivity contribution in [3.63, 3.8) is 0 Å². The first-order valence-electron chi connectivity index (χ1n) is 10.9.